The van der Waals surface area contributed by atoms with E-state index >= 15 is 0 Å². The molecule has 0 aliphatic rings. The average Bonchev–Trinajstić information content (AvgIpc) is 2.01. The lowest BCUT2D eigenvalue weighted by atomic mass is 10.4. The Bertz CT molecular complexity index is 296. The Balaban J connectivity index is 3.08. The second-order valence-corrected chi connectivity index (χ2v) is 2.19. The number of aromatic hydroxyl groups is 1. The van der Waals surface area contributed by atoms with Crippen LogP contribution < -0.4 is 5.73 Å². The van der Waals surface area contributed by atoms with Crippen LogP contribution in [0.15, 0.2) is 0 Å². The van der Waals surface area contributed by atoms with E-state index in [0.29, 0.717) is 0 Å². The number of nitrogens with two attached hydrogens (primary N) is 1. The highest BCUT2D eigenvalue weighted by Crippen LogP contribution is 2.05. The van der Waals surface area contributed by atoms with Crippen LogP contribution in [0.5, 0.6) is 6.01 Å². The molecule has 1 rings (SSSR count). The molecule has 6 nitrogen and oxygen atoms in total. The molecule has 0 radical (unpaired) electrons. The van der Waals surface area contributed by atoms with Crippen molar-refractivity contribution in [3.8, 4) is 6.01 Å². The van der Waals surface area contributed by atoms with Crippen LogP contribution in [0.25, 0.3) is 0 Å². The molecule has 0 bridgehead atoms. The molecule has 12 heavy (non-hydrogen) atoms. The summed E-state index contributed by atoms with van der Waals surface area (Å²) in [6, 6.07) is -0.591. The normalized spacial score (nSPS) is 9.83. The molecule has 0 saturated heterocycles. The van der Waals surface area contributed by atoms with Crippen LogP contribution in [0.4, 0.5) is 0 Å². The van der Waals surface area contributed by atoms with Gasteiger partial charge in [0.2, 0.25) is 16.9 Å². The minimum Gasteiger partial charge on any atom is -0.479 e. The fourth-order valence-corrected chi connectivity index (χ4v) is 0.711. The van der Waals surface area contributed by atoms with Crippen LogP contribution in [0.3, 0.4) is 0 Å². The summed E-state index contributed by atoms with van der Waals surface area (Å²) in [5.41, 5.74) is 5.03. The lowest BCUT2D eigenvalue weighted by Gasteiger charge is -1.96. The van der Waals surface area contributed by atoms with E-state index in [-0.39, 0.29) is 17.7 Å². The molecular weight excluding hydrogens is 184 g/mol. The SMILES string of the molecule is NCC(=O)c1nc(O)nc(Cl)n1. The van der Waals surface area contributed by atoms with Crippen LogP contribution in [0.1, 0.15) is 10.6 Å². The Morgan fingerprint density at radius 1 is 1.50 bits per heavy atom. The van der Waals surface area contributed by atoms with Crippen LogP contribution in [0.2, 0.25) is 5.28 Å². The number of aromatic nitrogens is 3. The van der Waals surface area contributed by atoms with Gasteiger partial charge in [0.15, 0.2) is 0 Å². The summed E-state index contributed by atoms with van der Waals surface area (Å²) in [7, 11) is 0. The number of ketones is 1. The van der Waals surface area contributed by atoms with Gasteiger partial charge in [-0.25, -0.2) is 0 Å². The highest BCUT2D eigenvalue weighted by atomic mass is 35.5. The van der Waals surface area contributed by atoms with Gasteiger partial charge in [-0.1, -0.05) is 0 Å². The molecule has 0 atom stereocenters. The van der Waals surface area contributed by atoms with Gasteiger partial charge >= 0.3 is 6.01 Å². The second-order valence-electron chi connectivity index (χ2n) is 1.86. The number of Topliss-reactive ketones (excluding diaryl/α,β-unsaturated/α-hetero) is 1. The molecule has 0 amide bonds. The predicted molar refractivity (Wildman–Crippen MR) is 39.9 cm³/mol. The molecule has 3 N–H and O–H groups in total. The van der Waals surface area contributed by atoms with Crippen molar-refractivity contribution in [2.24, 2.45) is 5.73 Å². The minimum atomic E-state index is -0.591. The zero-order valence-corrected chi connectivity index (χ0v) is 6.62. The van der Waals surface area contributed by atoms with Crippen molar-refractivity contribution in [3.63, 3.8) is 0 Å². The number of carbonyl (C=O) groups is 1. The monoisotopic (exact) mass is 188 g/mol. The third-order valence-corrected chi connectivity index (χ3v) is 1.20. The maximum atomic E-state index is 10.9. The number of carbonyl (C=O) groups excluding carboxylic acids is 1. The summed E-state index contributed by atoms with van der Waals surface area (Å²) in [5.74, 6) is -0.732. The quantitative estimate of drug-likeness (QED) is 0.600. The lowest BCUT2D eigenvalue weighted by molar-refractivity contribution is 0.0990. The maximum Gasteiger partial charge on any atom is 0.318 e. The molecule has 0 fully saturated rings. The molecule has 7 heteroatoms. The molecule has 0 unspecified atom stereocenters. The highest BCUT2D eigenvalue weighted by Gasteiger charge is 2.10. The predicted octanol–water partition coefficient (Wildman–Crippen LogP) is -0.628. The Labute approximate surface area is 72.4 Å². The van der Waals surface area contributed by atoms with E-state index < -0.39 is 11.8 Å². The topological polar surface area (TPSA) is 102 Å². The number of nitrogens with zero attached hydrogens (tertiary/aromatic N) is 3. The molecule has 1 heterocycles. The Kier molecular flexibility index (Phi) is 2.51. The van der Waals surface area contributed by atoms with Crippen molar-refractivity contribution in [1.29, 1.82) is 0 Å². The van der Waals surface area contributed by atoms with Crippen molar-refractivity contribution in [2.75, 3.05) is 6.54 Å². The van der Waals surface area contributed by atoms with Crippen LogP contribution in [-0.2, 0) is 0 Å². The number of rotatable bonds is 2. The molecule has 1 aromatic heterocycles. The van der Waals surface area contributed by atoms with E-state index in [0.717, 1.165) is 0 Å². The van der Waals surface area contributed by atoms with Crippen molar-refractivity contribution in [3.05, 3.63) is 11.1 Å². The van der Waals surface area contributed by atoms with E-state index in [2.05, 4.69) is 15.0 Å². The van der Waals surface area contributed by atoms with E-state index in [1.165, 1.54) is 0 Å². The zero-order valence-electron chi connectivity index (χ0n) is 5.86. The molecule has 0 spiro atoms. The van der Waals surface area contributed by atoms with Gasteiger partial charge in [0.25, 0.3) is 0 Å². The second kappa shape index (κ2) is 3.42. The fraction of sp³-hybridized carbons (Fsp3) is 0.200. The van der Waals surface area contributed by atoms with Crippen LogP contribution >= 0.6 is 11.6 Å². The molecule has 0 aliphatic heterocycles. The minimum absolute atomic E-state index is 0.227. The standard InChI is InChI=1S/C5H5ClN4O2/c6-4-8-3(2(11)1-7)9-5(12)10-4/h1,7H2,(H,8,9,10,12). The molecule has 64 valence electrons. The third kappa shape index (κ3) is 1.86. The summed E-state index contributed by atoms with van der Waals surface area (Å²) >= 11 is 5.34. The van der Waals surface area contributed by atoms with Gasteiger partial charge in [-0.3, -0.25) is 4.79 Å². The summed E-state index contributed by atoms with van der Waals surface area (Å²) < 4.78 is 0. The van der Waals surface area contributed by atoms with Crippen molar-refractivity contribution < 1.29 is 9.90 Å². The van der Waals surface area contributed by atoms with Crippen LogP contribution in [-0.4, -0.2) is 32.4 Å². The first-order valence-corrected chi connectivity index (χ1v) is 3.35. The van der Waals surface area contributed by atoms with Gasteiger partial charge in [-0.05, 0) is 11.6 Å². The average molecular weight is 189 g/mol. The van der Waals surface area contributed by atoms with Gasteiger partial charge in [0.05, 0.1) is 6.54 Å². The largest absolute Gasteiger partial charge is 0.479 e. The van der Waals surface area contributed by atoms with Gasteiger partial charge in [0.1, 0.15) is 0 Å². The summed E-state index contributed by atoms with van der Waals surface area (Å²) in [6.07, 6.45) is 0. The van der Waals surface area contributed by atoms with Crippen molar-refractivity contribution in [1.82, 2.24) is 15.0 Å². The highest BCUT2D eigenvalue weighted by molar-refractivity contribution is 6.28. The van der Waals surface area contributed by atoms with E-state index in [4.69, 9.17) is 22.4 Å². The summed E-state index contributed by atoms with van der Waals surface area (Å²) in [6.45, 7) is -0.236. The van der Waals surface area contributed by atoms with Gasteiger partial charge < -0.3 is 10.8 Å². The number of hydrogen-bond donors (Lipinski definition) is 2. The van der Waals surface area contributed by atoms with Gasteiger partial charge in [-0.15, -0.1) is 0 Å². The first kappa shape index (κ1) is 8.82. The van der Waals surface area contributed by atoms with E-state index in [9.17, 15) is 4.79 Å². The lowest BCUT2D eigenvalue weighted by Crippen LogP contribution is -2.17. The fourth-order valence-electron chi connectivity index (χ4n) is 0.556. The van der Waals surface area contributed by atoms with E-state index in [1.807, 2.05) is 0 Å². The first-order chi connectivity index (χ1) is 5.63. The number of hydrogen-bond acceptors (Lipinski definition) is 6. The molecular formula is C5H5ClN4O2. The number of halogens is 1. The third-order valence-electron chi connectivity index (χ3n) is 1.03. The summed E-state index contributed by atoms with van der Waals surface area (Å²) in [4.78, 5) is 20.9. The molecule has 0 aromatic carbocycles. The van der Waals surface area contributed by atoms with Crippen molar-refractivity contribution >= 4 is 17.4 Å². The molecule has 0 aliphatic carbocycles. The maximum absolute atomic E-state index is 10.9. The molecule has 1 aromatic rings. The van der Waals surface area contributed by atoms with Crippen LogP contribution in [0, 0.1) is 0 Å². The smallest absolute Gasteiger partial charge is 0.318 e. The van der Waals surface area contributed by atoms with Gasteiger partial charge in [0, 0.05) is 0 Å². The Morgan fingerprint density at radius 2 is 2.17 bits per heavy atom. The zero-order chi connectivity index (χ0) is 9.14. The Hall–Kier alpha value is -1.27. The van der Waals surface area contributed by atoms with Gasteiger partial charge in [-0.2, -0.15) is 15.0 Å². The van der Waals surface area contributed by atoms with Crippen molar-refractivity contribution in [2.45, 2.75) is 0 Å². The summed E-state index contributed by atoms with van der Waals surface area (Å²) in [5, 5.41) is 8.56. The Morgan fingerprint density at radius 3 is 2.67 bits per heavy atom. The molecule has 0 saturated carbocycles. The first-order valence-electron chi connectivity index (χ1n) is 2.97. The van der Waals surface area contributed by atoms with E-state index in [1.54, 1.807) is 0 Å².